The number of rotatable bonds is 2. The molecule has 0 saturated heterocycles. The second-order valence-corrected chi connectivity index (χ2v) is 3.60. The van der Waals surface area contributed by atoms with Crippen molar-refractivity contribution in [2.75, 3.05) is 0 Å². The van der Waals surface area contributed by atoms with Gasteiger partial charge >= 0.3 is 0 Å². The molecule has 16 heavy (non-hydrogen) atoms. The molecule has 0 spiro atoms. The normalized spacial score (nSPS) is 10.3. The summed E-state index contributed by atoms with van der Waals surface area (Å²) >= 11 is 0. The molecule has 1 N–H and O–H groups in total. The van der Waals surface area contributed by atoms with Crippen LogP contribution in [0.3, 0.4) is 0 Å². The molecular formula is C12H12N2O2. The lowest BCUT2D eigenvalue weighted by Crippen LogP contribution is -2.24. The zero-order valence-corrected chi connectivity index (χ0v) is 8.92. The molecule has 2 rings (SSSR count). The SMILES string of the molecule is Cc1c(O)cnn(Cc2ccccc2)c1=O. The van der Waals surface area contributed by atoms with Crippen molar-refractivity contribution in [1.29, 1.82) is 0 Å². The second kappa shape index (κ2) is 4.18. The second-order valence-electron chi connectivity index (χ2n) is 3.60. The summed E-state index contributed by atoms with van der Waals surface area (Å²) in [5.41, 5.74) is 1.07. The molecule has 0 radical (unpaired) electrons. The quantitative estimate of drug-likeness (QED) is 0.823. The molecule has 4 heteroatoms. The van der Waals surface area contributed by atoms with E-state index >= 15 is 0 Å². The van der Waals surface area contributed by atoms with Gasteiger partial charge in [-0.15, -0.1) is 0 Å². The summed E-state index contributed by atoms with van der Waals surface area (Å²) in [6, 6.07) is 9.59. The maximum atomic E-state index is 11.7. The van der Waals surface area contributed by atoms with Crippen LogP contribution in [-0.4, -0.2) is 14.9 Å². The molecule has 0 bridgehead atoms. The molecule has 1 heterocycles. The van der Waals surface area contributed by atoms with E-state index in [4.69, 9.17) is 0 Å². The van der Waals surface area contributed by atoms with E-state index in [2.05, 4.69) is 5.10 Å². The van der Waals surface area contributed by atoms with Crippen LogP contribution in [0.2, 0.25) is 0 Å². The molecule has 0 aliphatic heterocycles. The van der Waals surface area contributed by atoms with Gasteiger partial charge in [0, 0.05) is 0 Å². The number of hydrogen-bond acceptors (Lipinski definition) is 3. The van der Waals surface area contributed by atoms with Gasteiger partial charge in [0.2, 0.25) is 0 Å². The summed E-state index contributed by atoms with van der Waals surface area (Å²) < 4.78 is 1.34. The van der Waals surface area contributed by atoms with Crippen molar-refractivity contribution in [3.8, 4) is 5.75 Å². The van der Waals surface area contributed by atoms with Gasteiger partial charge in [0.25, 0.3) is 5.56 Å². The average molecular weight is 216 g/mol. The van der Waals surface area contributed by atoms with Crippen LogP contribution >= 0.6 is 0 Å². The lowest BCUT2D eigenvalue weighted by molar-refractivity contribution is 0.456. The predicted molar refractivity (Wildman–Crippen MR) is 60.4 cm³/mol. The highest BCUT2D eigenvalue weighted by Gasteiger charge is 2.05. The lowest BCUT2D eigenvalue weighted by Gasteiger charge is -2.06. The van der Waals surface area contributed by atoms with Crippen LogP contribution in [-0.2, 0) is 6.54 Å². The molecule has 1 aromatic heterocycles. The average Bonchev–Trinajstić information content (AvgIpc) is 2.31. The molecule has 82 valence electrons. The molecule has 0 saturated carbocycles. The molecule has 2 aromatic rings. The van der Waals surface area contributed by atoms with Gasteiger partial charge in [-0.2, -0.15) is 5.10 Å². The monoisotopic (exact) mass is 216 g/mol. The van der Waals surface area contributed by atoms with Gasteiger partial charge in [-0.25, -0.2) is 4.68 Å². The summed E-state index contributed by atoms with van der Waals surface area (Å²) in [5, 5.41) is 13.2. The van der Waals surface area contributed by atoms with Crippen molar-refractivity contribution in [2.24, 2.45) is 0 Å². The Bertz CT molecular complexity index is 547. The maximum Gasteiger partial charge on any atom is 0.273 e. The molecule has 0 fully saturated rings. The van der Waals surface area contributed by atoms with Crippen molar-refractivity contribution in [3.63, 3.8) is 0 Å². The minimum atomic E-state index is -0.260. The zero-order chi connectivity index (χ0) is 11.5. The topological polar surface area (TPSA) is 55.1 Å². The third kappa shape index (κ3) is 1.95. The van der Waals surface area contributed by atoms with Crippen LogP contribution in [0.15, 0.2) is 41.3 Å². The van der Waals surface area contributed by atoms with Crippen LogP contribution < -0.4 is 5.56 Å². The van der Waals surface area contributed by atoms with Gasteiger partial charge in [-0.1, -0.05) is 30.3 Å². The fraction of sp³-hybridized carbons (Fsp3) is 0.167. The van der Waals surface area contributed by atoms with Crippen LogP contribution in [0.1, 0.15) is 11.1 Å². The van der Waals surface area contributed by atoms with E-state index in [1.807, 2.05) is 30.3 Å². The number of nitrogens with zero attached hydrogens (tertiary/aromatic N) is 2. The van der Waals surface area contributed by atoms with Gasteiger partial charge in [-0.05, 0) is 12.5 Å². The number of benzene rings is 1. The first kappa shape index (κ1) is 10.4. The van der Waals surface area contributed by atoms with Crippen molar-refractivity contribution in [2.45, 2.75) is 13.5 Å². The van der Waals surface area contributed by atoms with Crippen molar-refractivity contribution < 1.29 is 5.11 Å². The van der Waals surface area contributed by atoms with E-state index in [0.717, 1.165) is 5.56 Å². The summed E-state index contributed by atoms with van der Waals surface area (Å²) in [7, 11) is 0. The van der Waals surface area contributed by atoms with Crippen LogP contribution in [0.25, 0.3) is 0 Å². The highest BCUT2D eigenvalue weighted by Crippen LogP contribution is 2.08. The van der Waals surface area contributed by atoms with Gasteiger partial charge in [0.05, 0.1) is 18.3 Å². The van der Waals surface area contributed by atoms with Gasteiger partial charge in [-0.3, -0.25) is 4.79 Å². The van der Waals surface area contributed by atoms with Crippen molar-refractivity contribution in [3.05, 3.63) is 58.0 Å². The number of hydrogen-bond donors (Lipinski definition) is 1. The summed E-state index contributed by atoms with van der Waals surface area (Å²) in [6.45, 7) is 2.00. The molecule has 0 amide bonds. The standard InChI is InChI=1S/C12H12N2O2/c1-9-11(15)7-13-14(12(9)16)8-10-5-3-2-4-6-10/h2-7,15H,8H2,1H3. The Labute approximate surface area is 92.8 Å². The first-order chi connectivity index (χ1) is 7.68. The number of aromatic nitrogens is 2. The fourth-order valence-corrected chi connectivity index (χ4v) is 1.45. The Balaban J connectivity index is 2.37. The molecule has 0 unspecified atom stereocenters. The molecule has 1 aromatic carbocycles. The smallest absolute Gasteiger partial charge is 0.273 e. The summed E-state index contributed by atoms with van der Waals surface area (Å²) in [6.07, 6.45) is 1.29. The Morgan fingerprint density at radius 1 is 1.31 bits per heavy atom. The number of aromatic hydroxyl groups is 1. The third-order valence-electron chi connectivity index (χ3n) is 2.43. The van der Waals surface area contributed by atoms with E-state index in [1.165, 1.54) is 10.9 Å². The highest BCUT2D eigenvalue weighted by atomic mass is 16.3. The minimum absolute atomic E-state index is 0.0608. The van der Waals surface area contributed by atoms with E-state index in [9.17, 15) is 9.90 Å². The van der Waals surface area contributed by atoms with Crippen LogP contribution in [0.4, 0.5) is 0 Å². The van der Waals surface area contributed by atoms with Crippen molar-refractivity contribution >= 4 is 0 Å². The van der Waals surface area contributed by atoms with Crippen LogP contribution in [0.5, 0.6) is 5.75 Å². The van der Waals surface area contributed by atoms with E-state index in [0.29, 0.717) is 12.1 Å². The van der Waals surface area contributed by atoms with Gasteiger partial charge < -0.3 is 5.11 Å². The molecule has 4 nitrogen and oxygen atoms in total. The van der Waals surface area contributed by atoms with Gasteiger partial charge in [0.1, 0.15) is 5.75 Å². The highest BCUT2D eigenvalue weighted by molar-refractivity contribution is 5.24. The fourth-order valence-electron chi connectivity index (χ4n) is 1.45. The largest absolute Gasteiger partial charge is 0.506 e. The van der Waals surface area contributed by atoms with Crippen LogP contribution in [0, 0.1) is 6.92 Å². The minimum Gasteiger partial charge on any atom is -0.506 e. The molecule has 0 aliphatic rings. The predicted octanol–water partition coefficient (Wildman–Crippen LogP) is 1.31. The zero-order valence-electron chi connectivity index (χ0n) is 8.92. The lowest BCUT2D eigenvalue weighted by atomic mass is 10.2. The van der Waals surface area contributed by atoms with E-state index < -0.39 is 0 Å². The Hall–Kier alpha value is -2.10. The van der Waals surface area contributed by atoms with Crippen molar-refractivity contribution in [1.82, 2.24) is 9.78 Å². The Kier molecular flexibility index (Phi) is 2.72. The molecule has 0 aliphatic carbocycles. The maximum absolute atomic E-state index is 11.7. The Morgan fingerprint density at radius 3 is 2.69 bits per heavy atom. The first-order valence-electron chi connectivity index (χ1n) is 4.98. The summed E-state index contributed by atoms with van der Waals surface area (Å²) in [4.78, 5) is 11.7. The molecule has 0 atom stereocenters. The van der Waals surface area contributed by atoms with E-state index in [1.54, 1.807) is 6.92 Å². The summed E-state index contributed by atoms with van der Waals surface area (Å²) in [5.74, 6) is -0.0608. The van der Waals surface area contributed by atoms with Gasteiger partial charge in [0.15, 0.2) is 0 Å². The molecular weight excluding hydrogens is 204 g/mol. The first-order valence-corrected chi connectivity index (χ1v) is 4.98. The Morgan fingerprint density at radius 2 is 2.00 bits per heavy atom. The van der Waals surface area contributed by atoms with E-state index in [-0.39, 0.29) is 11.3 Å². The third-order valence-corrected chi connectivity index (χ3v) is 2.43.